The molecule has 8 nitrogen and oxygen atoms in total. The second kappa shape index (κ2) is 14.6. The number of guanidine groups is 1. The third kappa shape index (κ3) is 8.07. The molecule has 3 N–H and O–H groups in total. The van der Waals surface area contributed by atoms with Gasteiger partial charge in [-0.25, -0.2) is 4.99 Å². The molecule has 4 aliphatic rings. The molecule has 1 aromatic carbocycles. The lowest BCUT2D eigenvalue weighted by Crippen LogP contribution is -2.43. The molecule has 5 rings (SSSR count). The van der Waals surface area contributed by atoms with Crippen molar-refractivity contribution in [2.24, 2.45) is 15.9 Å². The van der Waals surface area contributed by atoms with Gasteiger partial charge in [0.1, 0.15) is 6.23 Å². The van der Waals surface area contributed by atoms with Gasteiger partial charge in [-0.15, -0.1) is 0 Å². The molecule has 1 aromatic rings. The molecule has 8 heteroatoms. The number of aliphatic hydroxyl groups is 1. The minimum Gasteiger partial charge on any atom is -0.378 e. The molecule has 1 aliphatic carbocycles. The monoisotopic (exact) mass is 562 g/mol. The van der Waals surface area contributed by atoms with Gasteiger partial charge < -0.3 is 20.1 Å². The summed E-state index contributed by atoms with van der Waals surface area (Å²) in [4.78, 5) is 14.7. The van der Waals surface area contributed by atoms with Gasteiger partial charge in [0.15, 0.2) is 0 Å². The first kappa shape index (κ1) is 30.0. The Kier molecular flexibility index (Phi) is 10.7. The van der Waals surface area contributed by atoms with Crippen molar-refractivity contribution in [1.29, 1.82) is 0 Å². The van der Waals surface area contributed by atoms with Crippen molar-refractivity contribution in [3.63, 3.8) is 0 Å². The van der Waals surface area contributed by atoms with Gasteiger partial charge in [0.25, 0.3) is 0 Å². The Balaban J connectivity index is 1.30. The lowest BCUT2D eigenvalue weighted by molar-refractivity contribution is 0.0345. The van der Waals surface area contributed by atoms with Gasteiger partial charge in [0.2, 0.25) is 5.96 Å². The molecule has 0 spiro atoms. The third-order valence-corrected chi connectivity index (χ3v) is 8.97. The Hall–Kier alpha value is -2.52. The second-order valence-corrected chi connectivity index (χ2v) is 12.0. The van der Waals surface area contributed by atoms with Crippen LogP contribution >= 0.6 is 0 Å². The van der Waals surface area contributed by atoms with Crippen LogP contribution in [0.5, 0.6) is 0 Å². The van der Waals surface area contributed by atoms with E-state index in [0.717, 1.165) is 116 Å². The first-order valence-electron chi connectivity index (χ1n) is 15.9. The largest absolute Gasteiger partial charge is 0.378 e. The van der Waals surface area contributed by atoms with E-state index >= 15 is 0 Å². The number of rotatable bonds is 10. The molecule has 0 radical (unpaired) electrons. The zero-order chi connectivity index (χ0) is 28.6. The van der Waals surface area contributed by atoms with Crippen molar-refractivity contribution in [3.8, 4) is 0 Å². The lowest BCUT2D eigenvalue weighted by Gasteiger charge is -2.35. The van der Waals surface area contributed by atoms with Crippen LogP contribution in [-0.2, 0) is 11.3 Å². The summed E-state index contributed by atoms with van der Waals surface area (Å²) in [5.74, 6) is 1.05. The maximum Gasteiger partial charge on any atom is 0.222 e. The van der Waals surface area contributed by atoms with Crippen molar-refractivity contribution in [3.05, 3.63) is 46.6 Å². The summed E-state index contributed by atoms with van der Waals surface area (Å²) in [7, 11) is 0. The molecule has 1 unspecified atom stereocenters. The van der Waals surface area contributed by atoms with E-state index in [1.807, 2.05) is 0 Å². The van der Waals surface area contributed by atoms with Crippen LogP contribution in [0.25, 0.3) is 0 Å². The van der Waals surface area contributed by atoms with Gasteiger partial charge in [-0.2, -0.15) is 0 Å². The van der Waals surface area contributed by atoms with Crippen LogP contribution < -0.4 is 15.5 Å². The van der Waals surface area contributed by atoms with E-state index in [2.05, 4.69) is 65.5 Å². The average Bonchev–Trinajstić information content (AvgIpc) is 3.01. The van der Waals surface area contributed by atoms with Gasteiger partial charge in [-0.05, 0) is 100.0 Å². The number of hydrogen-bond donors (Lipinski definition) is 3. The number of nitrogens with one attached hydrogen (secondary N) is 2. The number of piperidine rings is 1. The fourth-order valence-corrected chi connectivity index (χ4v) is 6.42. The molecule has 41 heavy (non-hydrogen) atoms. The van der Waals surface area contributed by atoms with Crippen LogP contribution in [0.1, 0.15) is 71.3 Å². The number of nitrogens with zero attached hydrogens (tertiary/aromatic N) is 4. The highest BCUT2D eigenvalue weighted by molar-refractivity contribution is 6.11. The number of anilines is 2. The molecule has 2 fully saturated rings. The standard InChI is InChI=1S/C33H50N6O2/c1-4-11-34-32(40)27-9-13-38(14-10-27)23-25-19-29(22-30(20-25)39-15-17-41-18-16-39)36-33-35-12-8-31(37-33)28-7-6-24(3)26(5-2)21-28/h19-22,27,32,34,40H,4-18,23H2,1-3H3,(H,35,36). The number of benzene rings is 1. The normalized spacial score (nSPS) is 21.9. The summed E-state index contributed by atoms with van der Waals surface area (Å²) in [5.41, 5.74) is 9.11. The molecule has 2 saturated heterocycles. The Morgan fingerprint density at radius 2 is 1.85 bits per heavy atom. The summed E-state index contributed by atoms with van der Waals surface area (Å²) in [6.45, 7) is 14.5. The topological polar surface area (TPSA) is 84.7 Å². The van der Waals surface area contributed by atoms with Crippen molar-refractivity contribution in [2.45, 2.75) is 78.5 Å². The Morgan fingerprint density at radius 1 is 1.05 bits per heavy atom. The number of hydrogen-bond acceptors (Lipinski definition) is 8. The van der Waals surface area contributed by atoms with Crippen molar-refractivity contribution >= 4 is 23.0 Å². The van der Waals surface area contributed by atoms with E-state index in [1.54, 1.807) is 0 Å². The maximum absolute atomic E-state index is 10.5. The van der Waals surface area contributed by atoms with Gasteiger partial charge >= 0.3 is 0 Å². The summed E-state index contributed by atoms with van der Waals surface area (Å²) in [6, 6.07) is 6.84. The molecule has 0 saturated carbocycles. The van der Waals surface area contributed by atoms with Gasteiger partial charge in [0, 0.05) is 55.6 Å². The van der Waals surface area contributed by atoms with Crippen LogP contribution in [0, 0.1) is 5.92 Å². The Morgan fingerprint density at radius 3 is 2.61 bits per heavy atom. The minimum absolute atomic E-state index is 0.332. The smallest absolute Gasteiger partial charge is 0.222 e. The number of allylic oxidation sites excluding steroid dienone is 4. The number of morpholine rings is 1. The van der Waals surface area contributed by atoms with Crippen LogP contribution in [0.3, 0.4) is 0 Å². The van der Waals surface area contributed by atoms with E-state index in [-0.39, 0.29) is 0 Å². The highest BCUT2D eigenvalue weighted by Crippen LogP contribution is 2.29. The Bertz CT molecular complexity index is 1160. The predicted molar refractivity (Wildman–Crippen MR) is 170 cm³/mol. The fraction of sp³-hybridized carbons (Fsp3) is 0.636. The zero-order valence-corrected chi connectivity index (χ0v) is 25.4. The van der Waals surface area contributed by atoms with Crippen LogP contribution in [0.4, 0.5) is 11.4 Å². The maximum atomic E-state index is 10.5. The first-order valence-corrected chi connectivity index (χ1v) is 15.9. The van der Waals surface area contributed by atoms with Crippen LogP contribution in [-0.4, -0.2) is 80.4 Å². The fourth-order valence-electron chi connectivity index (χ4n) is 6.42. The summed E-state index contributed by atoms with van der Waals surface area (Å²) in [6.07, 6.45) is 9.24. The molecule has 0 bridgehead atoms. The number of likely N-dealkylation sites (tertiary alicyclic amines) is 1. The molecule has 1 atom stereocenters. The minimum atomic E-state index is -0.391. The number of aliphatic hydroxyl groups excluding tert-OH is 1. The molecule has 0 aromatic heterocycles. The first-order chi connectivity index (χ1) is 20.0. The van der Waals surface area contributed by atoms with Gasteiger partial charge in [0.05, 0.1) is 13.2 Å². The molecule has 3 heterocycles. The van der Waals surface area contributed by atoms with E-state index in [1.165, 1.54) is 33.7 Å². The van der Waals surface area contributed by atoms with Crippen molar-refractivity contribution in [2.75, 3.05) is 62.7 Å². The van der Waals surface area contributed by atoms with Gasteiger partial charge in [-0.1, -0.05) is 25.5 Å². The zero-order valence-electron chi connectivity index (χ0n) is 25.4. The van der Waals surface area contributed by atoms with E-state index in [4.69, 9.17) is 14.7 Å². The predicted octanol–water partition coefficient (Wildman–Crippen LogP) is 5.11. The van der Waals surface area contributed by atoms with E-state index in [0.29, 0.717) is 5.92 Å². The quantitative estimate of drug-likeness (QED) is 0.344. The number of aliphatic imine (C=N–C) groups is 2. The molecular formula is C33H50N6O2. The summed E-state index contributed by atoms with van der Waals surface area (Å²) < 4.78 is 5.63. The lowest BCUT2D eigenvalue weighted by atomic mass is 9.88. The average molecular weight is 563 g/mol. The molecule has 3 aliphatic heterocycles. The second-order valence-electron chi connectivity index (χ2n) is 12.0. The third-order valence-electron chi connectivity index (χ3n) is 8.97. The van der Waals surface area contributed by atoms with E-state index in [9.17, 15) is 5.11 Å². The Labute approximate surface area is 246 Å². The number of ether oxygens (including phenoxy) is 1. The van der Waals surface area contributed by atoms with E-state index < -0.39 is 6.23 Å². The molecular weight excluding hydrogens is 512 g/mol. The molecule has 224 valence electrons. The molecule has 0 amide bonds. The summed E-state index contributed by atoms with van der Waals surface area (Å²) >= 11 is 0. The SMILES string of the molecule is CCCNC(O)C1CCN(Cc2cc(NC3=NCCC(C4=CC(CC)=C(C)CC4)=N3)cc(N3CCOCC3)c2)CC1. The van der Waals surface area contributed by atoms with Crippen molar-refractivity contribution < 1.29 is 9.84 Å². The van der Waals surface area contributed by atoms with Crippen molar-refractivity contribution in [1.82, 2.24) is 10.2 Å². The van der Waals surface area contributed by atoms with Gasteiger partial charge in [-0.3, -0.25) is 15.2 Å². The van der Waals surface area contributed by atoms with Crippen LogP contribution in [0.2, 0.25) is 0 Å². The highest BCUT2D eigenvalue weighted by Gasteiger charge is 2.25. The summed E-state index contributed by atoms with van der Waals surface area (Å²) in [5, 5.41) is 17.4. The van der Waals surface area contributed by atoms with Crippen LogP contribution in [0.15, 0.2) is 51.0 Å². The highest BCUT2D eigenvalue weighted by atomic mass is 16.5.